The van der Waals surface area contributed by atoms with Gasteiger partial charge in [-0.05, 0) is 48.5 Å². The number of carbonyl (C=O) groups excluding carboxylic acids is 2. The summed E-state index contributed by atoms with van der Waals surface area (Å²) in [5.74, 6) is -6.02. The molecule has 236 valence electrons. The van der Waals surface area contributed by atoms with Gasteiger partial charge in [0.25, 0.3) is 0 Å². The fourth-order valence-corrected chi connectivity index (χ4v) is 6.36. The summed E-state index contributed by atoms with van der Waals surface area (Å²) in [4.78, 5) is 30.9. The Hall–Kier alpha value is -6.54. The van der Waals surface area contributed by atoms with E-state index < -0.39 is 46.4 Å². The van der Waals surface area contributed by atoms with Crippen LogP contribution in [-0.2, 0) is 9.59 Å². The summed E-state index contributed by atoms with van der Waals surface area (Å²) in [5, 5.41) is 44.7. The van der Waals surface area contributed by atoms with Crippen molar-refractivity contribution in [3.8, 4) is 23.0 Å². The molecule has 6 aromatic rings. The van der Waals surface area contributed by atoms with Gasteiger partial charge in [-0.3, -0.25) is 9.59 Å². The van der Waals surface area contributed by atoms with Crippen molar-refractivity contribution in [2.24, 2.45) is 0 Å². The second-order valence-electron chi connectivity index (χ2n) is 11.5. The summed E-state index contributed by atoms with van der Waals surface area (Å²) >= 11 is 0. The molecule has 1 saturated carbocycles. The molecule has 8 nitrogen and oxygen atoms in total. The highest BCUT2D eigenvalue weighted by atomic mass is 16.3. The van der Waals surface area contributed by atoms with E-state index in [1.54, 1.807) is 0 Å². The summed E-state index contributed by atoms with van der Waals surface area (Å²) in [5.41, 5.74) is 3.43. The van der Waals surface area contributed by atoms with E-state index in [0.717, 1.165) is 22.7 Å². The molecule has 4 N–H and O–H groups in total. The van der Waals surface area contributed by atoms with Crippen molar-refractivity contribution in [3.05, 3.63) is 157 Å². The second kappa shape index (κ2) is 12.3. The average Bonchev–Trinajstić information content (AvgIpc) is 3.10. The van der Waals surface area contributed by atoms with Gasteiger partial charge in [0.05, 0.1) is 22.5 Å². The van der Waals surface area contributed by atoms with Crippen LogP contribution < -0.4 is 9.80 Å². The lowest BCUT2D eigenvalue weighted by Gasteiger charge is -2.34. The first-order valence-electron chi connectivity index (χ1n) is 15.3. The molecule has 0 heterocycles. The van der Waals surface area contributed by atoms with Gasteiger partial charge in [0, 0.05) is 47.0 Å². The minimum Gasteiger partial charge on any atom is -0.507 e. The van der Waals surface area contributed by atoms with Crippen LogP contribution in [0.4, 0.5) is 34.1 Å². The molecule has 48 heavy (non-hydrogen) atoms. The van der Waals surface area contributed by atoms with Crippen molar-refractivity contribution in [3.63, 3.8) is 0 Å². The number of phenolic OH excluding ortho intramolecular Hbond substituents is 4. The first-order valence-corrected chi connectivity index (χ1v) is 15.3. The molecule has 8 heteroatoms. The van der Waals surface area contributed by atoms with Gasteiger partial charge < -0.3 is 30.2 Å². The number of rotatable bonds is 8. The summed E-state index contributed by atoms with van der Waals surface area (Å²) in [6, 6.07) is 43.0. The minimum atomic E-state index is -1.48. The van der Waals surface area contributed by atoms with Crippen molar-refractivity contribution < 1.29 is 30.0 Å². The highest BCUT2D eigenvalue weighted by molar-refractivity contribution is 6.32. The molecule has 0 aromatic heterocycles. The van der Waals surface area contributed by atoms with Crippen LogP contribution >= 0.6 is 0 Å². The number of phenols is 4. The number of ketones is 2. The molecule has 0 unspecified atom stereocenters. The molecular weight excluding hydrogens is 604 g/mol. The third kappa shape index (κ3) is 5.25. The van der Waals surface area contributed by atoms with Gasteiger partial charge in [-0.1, -0.05) is 72.8 Å². The monoisotopic (exact) mass is 634 g/mol. The molecule has 0 spiro atoms. The summed E-state index contributed by atoms with van der Waals surface area (Å²) in [6.45, 7) is 0. The molecule has 0 saturated heterocycles. The van der Waals surface area contributed by atoms with Gasteiger partial charge >= 0.3 is 0 Å². The molecule has 7 rings (SSSR count). The summed E-state index contributed by atoms with van der Waals surface area (Å²) in [7, 11) is 0. The normalized spacial score (nSPS) is 15.5. The Bertz CT molecular complexity index is 1830. The van der Waals surface area contributed by atoms with E-state index in [4.69, 9.17) is 0 Å². The van der Waals surface area contributed by atoms with Gasteiger partial charge in [0.1, 0.15) is 34.8 Å². The van der Waals surface area contributed by atoms with Gasteiger partial charge in [0.2, 0.25) is 0 Å². The molecule has 1 aliphatic carbocycles. The number of aromatic hydroxyl groups is 4. The van der Waals surface area contributed by atoms with E-state index in [1.165, 1.54) is 24.3 Å². The third-order valence-corrected chi connectivity index (χ3v) is 8.53. The van der Waals surface area contributed by atoms with Crippen LogP contribution in [0, 0.1) is 0 Å². The molecule has 1 fully saturated rings. The molecular formula is C40H30N2O6. The Morgan fingerprint density at radius 1 is 0.354 bits per heavy atom. The zero-order valence-corrected chi connectivity index (χ0v) is 25.5. The quantitative estimate of drug-likeness (QED) is 0.123. The lowest BCUT2D eigenvalue weighted by molar-refractivity contribution is -0.142. The van der Waals surface area contributed by atoms with Gasteiger partial charge in [-0.2, -0.15) is 0 Å². The maximum Gasteiger partial charge on any atom is 0.163 e. The van der Waals surface area contributed by atoms with E-state index in [-0.39, 0.29) is 11.1 Å². The highest BCUT2D eigenvalue weighted by Crippen LogP contribution is 2.53. The minimum absolute atomic E-state index is 0.221. The Labute approximate surface area is 276 Å². The molecule has 0 radical (unpaired) electrons. The Kier molecular flexibility index (Phi) is 7.74. The Balaban J connectivity index is 1.21. The van der Waals surface area contributed by atoms with Crippen LogP contribution in [0.3, 0.4) is 0 Å². The van der Waals surface area contributed by atoms with Gasteiger partial charge in [-0.15, -0.1) is 0 Å². The Morgan fingerprint density at radius 2 is 0.583 bits per heavy atom. The molecule has 1 aliphatic rings. The van der Waals surface area contributed by atoms with Crippen molar-refractivity contribution in [1.29, 1.82) is 0 Å². The van der Waals surface area contributed by atoms with E-state index in [2.05, 4.69) is 0 Å². The lowest BCUT2D eigenvalue weighted by Crippen LogP contribution is -2.44. The molecule has 6 aromatic carbocycles. The van der Waals surface area contributed by atoms with Crippen LogP contribution in [0.5, 0.6) is 23.0 Å². The number of hydrogen-bond acceptors (Lipinski definition) is 8. The first-order chi connectivity index (χ1) is 23.3. The fraction of sp³-hybridized carbons (Fsp3) is 0.0500. The van der Waals surface area contributed by atoms with Gasteiger partial charge in [-0.25, -0.2) is 0 Å². The van der Waals surface area contributed by atoms with E-state index >= 15 is 0 Å². The maximum absolute atomic E-state index is 13.6. The zero-order valence-electron chi connectivity index (χ0n) is 25.5. The first kappa shape index (κ1) is 30.1. The average molecular weight is 635 g/mol. The number of Topliss-reactive ketones (excluding diaryl/α,β-unsaturated/α-hetero) is 2. The number of para-hydroxylation sites is 4. The van der Waals surface area contributed by atoms with Crippen molar-refractivity contribution in [2.75, 3.05) is 9.80 Å². The van der Waals surface area contributed by atoms with Crippen LogP contribution in [0.2, 0.25) is 0 Å². The smallest absolute Gasteiger partial charge is 0.163 e. The van der Waals surface area contributed by atoms with Crippen LogP contribution in [-0.4, -0.2) is 32.0 Å². The van der Waals surface area contributed by atoms with Crippen LogP contribution in [0.15, 0.2) is 146 Å². The second-order valence-corrected chi connectivity index (χ2v) is 11.5. The van der Waals surface area contributed by atoms with Crippen LogP contribution in [0.25, 0.3) is 0 Å². The standard InChI is InChI=1S/C40H30N2O6/c43-31-21-29(41(25-13-5-1-6-14-25)26-15-7-2-8-16-26)22-32(44)35(31)37-39(47)38(40(37)48)36-33(45)23-30(24-34(36)46)42(27-17-9-3-10-18-27)28-19-11-4-12-20-28/h1-24,37-38,43-46H. The van der Waals surface area contributed by atoms with E-state index in [0.29, 0.717) is 11.4 Å². The predicted octanol–water partition coefficient (Wildman–Crippen LogP) is 8.47. The number of hydrogen-bond donors (Lipinski definition) is 4. The number of carbonyl (C=O) groups is 2. The lowest BCUT2D eigenvalue weighted by atomic mass is 9.65. The summed E-state index contributed by atoms with van der Waals surface area (Å²) in [6.07, 6.45) is 0. The SMILES string of the molecule is O=C1C(c2c(O)cc(N(c3ccccc3)c3ccccc3)cc2O)C(=O)C1c1c(O)cc(N(c2ccccc2)c2ccccc2)cc1O. The highest BCUT2D eigenvalue weighted by Gasteiger charge is 2.54. The van der Waals surface area contributed by atoms with Gasteiger partial charge in [0.15, 0.2) is 11.6 Å². The maximum atomic E-state index is 13.6. The Morgan fingerprint density at radius 3 is 0.812 bits per heavy atom. The van der Waals surface area contributed by atoms with Crippen LogP contribution in [0.1, 0.15) is 23.0 Å². The number of benzene rings is 6. The zero-order chi connectivity index (χ0) is 33.4. The third-order valence-electron chi connectivity index (χ3n) is 8.53. The molecule has 0 amide bonds. The topological polar surface area (TPSA) is 122 Å². The molecule has 0 atom stereocenters. The summed E-state index contributed by atoms with van der Waals surface area (Å²) < 4.78 is 0. The van der Waals surface area contributed by atoms with Crippen molar-refractivity contribution in [2.45, 2.75) is 11.8 Å². The number of nitrogens with zero attached hydrogens (tertiary/aromatic N) is 2. The van der Waals surface area contributed by atoms with Crippen molar-refractivity contribution in [1.82, 2.24) is 0 Å². The fourth-order valence-electron chi connectivity index (χ4n) is 6.36. The largest absolute Gasteiger partial charge is 0.507 e. The molecule has 0 aliphatic heterocycles. The number of anilines is 6. The predicted molar refractivity (Wildman–Crippen MR) is 184 cm³/mol. The van der Waals surface area contributed by atoms with Crippen molar-refractivity contribution >= 4 is 45.7 Å². The molecule has 0 bridgehead atoms. The van der Waals surface area contributed by atoms with E-state index in [9.17, 15) is 30.0 Å². The van der Waals surface area contributed by atoms with E-state index in [1.807, 2.05) is 131 Å².